The number of likely N-dealkylation sites (tertiary alicyclic amines) is 1. The van der Waals surface area contributed by atoms with E-state index in [2.05, 4.69) is 36.1 Å². The number of benzene rings is 1. The maximum Gasteiger partial charge on any atom is 0.247 e. The van der Waals surface area contributed by atoms with E-state index in [4.69, 9.17) is 0 Å². The van der Waals surface area contributed by atoms with Crippen LogP contribution in [0.4, 0.5) is 0 Å². The molecule has 144 valence electrons. The Morgan fingerprint density at radius 3 is 2.33 bits per heavy atom. The van der Waals surface area contributed by atoms with Crippen molar-refractivity contribution in [3.63, 3.8) is 0 Å². The lowest BCUT2D eigenvalue weighted by atomic mass is 9.88. The zero-order valence-corrected chi connectivity index (χ0v) is 16.3. The van der Waals surface area contributed by atoms with E-state index in [-0.39, 0.29) is 23.7 Å². The molecule has 2 heterocycles. The number of rotatable bonds is 6. The van der Waals surface area contributed by atoms with Crippen molar-refractivity contribution in [3.05, 3.63) is 48.0 Å². The first-order valence-corrected chi connectivity index (χ1v) is 9.71. The van der Waals surface area contributed by atoms with Crippen LogP contribution in [0.25, 0.3) is 0 Å². The van der Waals surface area contributed by atoms with Crippen molar-refractivity contribution in [2.24, 2.45) is 11.8 Å². The standard InChI is InChI=1S/C21H28N4O2/c1-15(2)12-17-4-6-18(7-5-17)20(26)19-8-10-24(11-9-19)21(27)16(3)25-14-22-13-23-25/h4-7,13-16,19H,8-12H2,1-3H3. The van der Waals surface area contributed by atoms with Gasteiger partial charge >= 0.3 is 0 Å². The number of nitrogens with zero attached hydrogens (tertiary/aromatic N) is 4. The highest BCUT2D eigenvalue weighted by atomic mass is 16.2. The lowest BCUT2D eigenvalue weighted by molar-refractivity contribution is -0.135. The Kier molecular flexibility index (Phi) is 6.04. The number of aromatic nitrogens is 3. The zero-order chi connectivity index (χ0) is 19.4. The molecule has 1 amide bonds. The minimum absolute atomic E-state index is 0.00771. The molecule has 1 aliphatic heterocycles. The van der Waals surface area contributed by atoms with Crippen LogP contribution in [0.2, 0.25) is 0 Å². The fraction of sp³-hybridized carbons (Fsp3) is 0.524. The molecule has 2 aromatic rings. The molecule has 1 fully saturated rings. The van der Waals surface area contributed by atoms with Gasteiger partial charge in [-0.15, -0.1) is 0 Å². The molecule has 1 aromatic carbocycles. The molecule has 1 unspecified atom stereocenters. The molecular formula is C21H28N4O2. The number of piperidine rings is 1. The van der Waals surface area contributed by atoms with Gasteiger partial charge in [0.2, 0.25) is 5.91 Å². The van der Waals surface area contributed by atoms with Gasteiger partial charge in [0.15, 0.2) is 5.78 Å². The van der Waals surface area contributed by atoms with E-state index in [1.54, 1.807) is 11.0 Å². The Bertz CT molecular complexity index is 760. The SMILES string of the molecule is CC(C)Cc1ccc(C(=O)C2CCN(C(=O)C(C)n3cncn3)CC2)cc1. The topological polar surface area (TPSA) is 68.1 Å². The van der Waals surface area contributed by atoms with E-state index in [9.17, 15) is 9.59 Å². The van der Waals surface area contributed by atoms with Crippen LogP contribution in [-0.2, 0) is 11.2 Å². The summed E-state index contributed by atoms with van der Waals surface area (Å²) in [5.74, 6) is 0.826. The Balaban J connectivity index is 1.55. The van der Waals surface area contributed by atoms with Crippen LogP contribution in [-0.4, -0.2) is 44.4 Å². The van der Waals surface area contributed by atoms with E-state index in [0.29, 0.717) is 31.8 Å². The predicted octanol–water partition coefficient (Wildman–Crippen LogP) is 3.16. The van der Waals surface area contributed by atoms with Crippen LogP contribution in [0, 0.1) is 11.8 Å². The van der Waals surface area contributed by atoms with Gasteiger partial charge in [0, 0.05) is 24.6 Å². The lowest BCUT2D eigenvalue weighted by Gasteiger charge is -2.33. The summed E-state index contributed by atoms with van der Waals surface area (Å²) in [6, 6.07) is 7.65. The first-order chi connectivity index (χ1) is 13.0. The maximum atomic E-state index is 12.8. The molecule has 3 rings (SSSR count). The monoisotopic (exact) mass is 368 g/mol. The normalized spacial score (nSPS) is 16.5. The van der Waals surface area contributed by atoms with Crippen LogP contribution in [0.15, 0.2) is 36.9 Å². The minimum atomic E-state index is -0.367. The van der Waals surface area contributed by atoms with Gasteiger partial charge in [0.25, 0.3) is 0 Å². The summed E-state index contributed by atoms with van der Waals surface area (Å²) in [5, 5.41) is 4.04. The molecule has 0 saturated carbocycles. The summed E-state index contributed by atoms with van der Waals surface area (Å²) >= 11 is 0. The number of hydrogen-bond donors (Lipinski definition) is 0. The van der Waals surface area contributed by atoms with Crippen LogP contribution in [0.1, 0.15) is 55.6 Å². The second kappa shape index (κ2) is 8.46. The highest BCUT2D eigenvalue weighted by Gasteiger charge is 2.30. The van der Waals surface area contributed by atoms with Crippen LogP contribution in [0.3, 0.4) is 0 Å². The van der Waals surface area contributed by atoms with E-state index >= 15 is 0 Å². The maximum absolute atomic E-state index is 12.8. The molecule has 27 heavy (non-hydrogen) atoms. The first kappa shape index (κ1) is 19.3. The number of Topliss-reactive ketones (excluding diaryl/α,β-unsaturated/α-hetero) is 1. The Morgan fingerprint density at radius 2 is 1.78 bits per heavy atom. The molecule has 0 radical (unpaired) electrons. The predicted molar refractivity (Wildman–Crippen MR) is 103 cm³/mol. The molecule has 0 bridgehead atoms. The quantitative estimate of drug-likeness (QED) is 0.735. The highest BCUT2D eigenvalue weighted by molar-refractivity contribution is 5.98. The second-order valence-electron chi connectivity index (χ2n) is 7.81. The Morgan fingerprint density at radius 1 is 1.11 bits per heavy atom. The largest absolute Gasteiger partial charge is 0.341 e. The van der Waals surface area contributed by atoms with Gasteiger partial charge in [0.05, 0.1) is 0 Å². The average Bonchev–Trinajstić information content (AvgIpc) is 3.21. The zero-order valence-electron chi connectivity index (χ0n) is 16.3. The molecule has 1 atom stereocenters. The summed E-state index contributed by atoms with van der Waals surface area (Å²) in [4.78, 5) is 31.2. The molecule has 1 aromatic heterocycles. The molecule has 6 nitrogen and oxygen atoms in total. The van der Waals surface area contributed by atoms with Gasteiger partial charge < -0.3 is 4.90 Å². The molecular weight excluding hydrogens is 340 g/mol. The number of amides is 1. The summed E-state index contributed by atoms with van der Waals surface area (Å²) in [6.45, 7) is 7.43. The first-order valence-electron chi connectivity index (χ1n) is 9.71. The van der Waals surface area contributed by atoms with Crippen LogP contribution in [0.5, 0.6) is 0 Å². The van der Waals surface area contributed by atoms with Gasteiger partial charge in [0.1, 0.15) is 18.7 Å². The Hall–Kier alpha value is -2.50. The number of hydrogen-bond acceptors (Lipinski definition) is 4. The van der Waals surface area contributed by atoms with Gasteiger partial charge in [-0.2, -0.15) is 5.10 Å². The minimum Gasteiger partial charge on any atom is -0.341 e. The van der Waals surface area contributed by atoms with E-state index < -0.39 is 0 Å². The van der Waals surface area contributed by atoms with Gasteiger partial charge in [-0.25, -0.2) is 9.67 Å². The van der Waals surface area contributed by atoms with E-state index in [1.807, 2.05) is 24.0 Å². The van der Waals surface area contributed by atoms with Crippen molar-refractivity contribution in [1.82, 2.24) is 19.7 Å². The van der Waals surface area contributed by atoms with Crippen LogP contribution >= 0.6 is 0 Å². The van der Waals surface area contributed by atoms with Crippen molar-refractivity contribution < 1.29 is 9.59 Å². The van der Waals surface area contributed by atoms with Crippen molar-refractivity contribution in [1.29, 1.82) is 0 Å². The molecule has 0 aliphatic carbocycles. The highest BCUT2D eigenvalue weighted by Crippen LogP contribution is 2.24. The van der Waals surface area contributed by atoms with Crippen molar-refractivity contribution in [3.8, 4) is 0 Å². The molecule has 0 spiro atoms. The molecule has 1 aliphatic rings. The van der Waals surface area contributed by atoms with E-state index in [1.165, 1.54) is 11.9 Å². The summed E-state index contributed by atoms with van der Waals surface area (Å²) < 4.78 is 1.57. The fourth-order valence-electron chi connectivity index (χ4n) is 3.67. The lowest BCUT2D eigenvalue weighted by Crippen LogP contribution is -2.43. The third kappa shape index (κ3) is 4.62. The molecule has 6 heteroatoms. The third-order valence-corrected chi connectivity index (χ3v) is 5.25. The summed E-state index contributed by atoms with van der Waals surface area (Å²) in [6.07, 6.45) is 5.44. The summed E-state index contributed by atoms with van der Waals surface area (Å²) in [7, 11) is 0. The van der Waals surface area contributed by atoms with Gasteiger partial charge in [-0.05, 0) is 37.7 Å². The molecule has 0 N–H and O–H groups in total. The fourth-order valence-corrected chi connectivity index (χ4v) is 3.67. The van der Waals surface area contributed by atoms with Crippen LogP contribution < -0.4 is 0 Å². The summed E-state index contributed by atoms with van der Waals surface area (Å²) in [5.41, 5.74) is 2.05. The van der Waals surface area contributed by atoms with Crippen molar-refractivity contribution in [2.75, 3.05) is 13.1 Å². The number of ketones is 1. The third-order valence-electron chi connectivity index (χ3n) is 5.25. The average molecular weight is 368 g/mol. The van der Waals surface area contributed by atoms with Gasteiger partial charge in [-0.1, -0.05) is 38.1 Å². The van der Waals surface area contributed by atoms with E-state index in [0.717, 1.165) is 12.0 Å². The van der Waals surface area contributed by atoms with Crippen molar-refractivity contribution in [2.45, 2.75) is 46.1 Å². The smallest absolute Gasteiger partial charge is 0.247 e. The van der Waals surface area contributed by atoms with Gasteiger partial charge in [-0.3, -0.25) is 9.59 Å². The number of carbonyl (C=O) groups excluding carboxylic acids is 2. The van der Waals surface area contributed by atoms with Crippen molar-refractivity contribution >= 4 is 11.7 Å². The Labute approximate surface area is 160 Å². The number of carbonyl (C=O) groups is 2. The second-order valence-corrected chi connectivity index (χ2v) is 7.81. The molecule has 1 saturated heterocycles.